The number of pyridine rings is 1. The highest BCUT2D eigenvalue weighted by molar-refractivity contribution is 6.62. The molecule has 3 aromatic carbocycles. The molecule has 1 fully saturated rings. The average molecular weight is 432 g/mol. The highest BCUT2D eigenvalue weighted by Crippen LogP contribution is 2.35. The third-order valence-corrected chi connectivity index (χ3v) is 5.83. The molecule has 162 valence electrons. The summed E-state index contributed by atoms with van der Waals surface area (Å²) in [4.78, 5) is 6.89. The molecule has 0 unspecified atom stereocenters. The van der Waals surface area contributed by atoms with E-state index in [4.69, 9.17) is 9.31 Å². The van der Waals surface area contributed by atoms with E-state index >= 15 is 0 Å². The van der Waals surface area contributed by atoms with Crippen molar-refractivity contribution in [3.8, 4) is 11.3 Å². The Morgan fingerprint density at radius 1 is 0.758 bits per heavy atom. The summed E-state index contributed by atoms with van der Waals surface area (Å²) in [6, 6.07) is 33.2. The lowest BCUT2D eigenvalue weighted by Crippen LogP contribution is -2.34. The van der Waals surface area contributed by atoms with Crippen molar-refractivity contribution in [1.82, 2.24) is 4.98 Å². The van der Waals surface area contributed by atoms with Gasteiger partial charge in [0.25, 0.3) is 0 Å². The number of anilines is 3. The van der Waals surface area contributed by atoms with E-state index in [2.05, 4.69) is 89.3 Å². The molecular weight excluding hydrogens is 407 g/mol. The Morgan fingerprint density at radius 3 is 1.82 bits per heavy atom. The van der Waals surface area contributed by atoms with Gasteiger partial charge in [0.15, 0.2) is 0 Å². The number of hydrogen-bond acceptors (Lipinski definition) is 4. The second kappa shape index (κ2) is 8.60. The smallest absolute Gasteiger partial charge is 0.534 e. The highest BCUT2D eigenvalue weighted by Gasteiger charge is 2.42. The number of aromatic nitrogens is 1. The summed E-state index contributed by atoms with van der Waals surface area (Å²) in [6.45, 7) is 7.84. The largest absolute Gasteiger partial charge is 0.564 e. The van der Waals surface area contributed by atoms with Crippen LogP contribution in [-0.2, 0) is 9.31 Å². The summed E-state index contributed by atoms with van der Waals surface area (Å²) in [6.07, 6.45) is 1.81. The summed E-state index contributed by atoms with van der Waals surface area (Å²) >= 11 is 0. The number of para-hydroxylation sites is 2. The summed E-state index contributed by atoms with van der Waals surface area (Å²) in [5.41, 5.74) is 5.63. The van der Waals surface area contributed by atoms with E-state index < -0.39 is 12.7 Å². The Hall–Kier alpha value is -3.83. The van der Waals surface area contributed by atoms with E-state index in [-0.39, 0.29) is 0 Å². The average Bonchev–Trinajstić information content (AvgIpc) is 3.13. The first kappa shape index (κ1) is 21.0. The zero-order valence-electron chi connectivity index (χ0n) is 18.8. The third kappa shape index (κ3) is 4.28. The number of rotatable bonds is 5. The molecule has 1 aliphatic rings. The van der Waals surface area contributed by atoms with Gasteiger partial charge in [0.1, 0.15) is 5.60 Å². The first-order chi connectivity index (χ1) is 16.0. The van der Waals surface area contributed by atoms with Crippen LogP contribution in [0.4, 0.5) is 17.1 Å². The van der Waals surface area contributed by atoms with Crippen LogP contribution in [0.5, 0.6) is 0 Å². The predicted octanol–water partition coefficient (Wildman–Crippen LogP) is 6.25. The van der Waals surface area contributed by atoms with Gasteiger partial charge in [-0.3, -0.25) is 4.98 Å². The Kier molecular flexibility index (Phi) is 5.49. The Labute approximate surface area is 195 Å². The molecule has 0 aliphatic carbocycles. The summed E-state index contributed by atoms with van der Waals surface area (Å²) in [7, 11) is -0.471. The predicted molar refractivity (Wildman–Crippen MR) is 135 cm³/mol. The van der Waals surface area contributed by atoms with Gasteiger partial charge in [-0.2, -0.15) is 0 Å². The van der Waals surface area contributed by atoms with Gasteiger partial charge in [-0.25, -0.2) is 0 Å². The van der Waals surface area contributed by atoms with E-state index in [1.165, 1.54) is 0 Å². The Balaban J connectivity index is 1.40. The van der Waals surface area contributed by atoms with Crippen molar-refractivity contribution >= 4 is 29.6 Å². The maximum atomic E-state index is 5.95. The van der Waals surface area contributed by atoms with Gasteiger partial charge < -0.3 is 14.2 Å². The minimum atomic E-state index is -0.497. The molecule has 4 aromatic rings. The molecule has 4 nitrogen and oxygen atoms in total. The van der Waals surface area contributed by atoms with Crippen molar-refractivity contribution in [2.45, 2.75) is 19.4 Å². The van der Waals surface area contributed by atoms with Crippen molar-refractivity contribution in [3.05, 3.63) is 116 Å². The fourth-order valence-electron chi connectivity index (χ4n) is 3.86. The summed E-state index contributed by atoms with van der Waals surface area (Å²) in [5, 5.41) is 0. The molecule has 0 amide bonds. The Morgan fingerprint density at radius 2 is 1.33 bits per heavy atom. The lowest BCUT2D eigenvalue weighted by atomic mass is 9.80. The molecule has 1 aromatic heterocycles. The molecular formula is C28H25BN2O2. The fourth-order valence-corrected chi connectivity index (χ4v) is 3.86. The fraction of sp³-hybridized carbons (Fsp3) is 0.107. The minimum Gasteiger partial charge on any atom is -0.534 e. The van der Waals surface area contributed by atoms with E-state index in [0.717, 1.165) is 33.8 Å². The van der Waals surface area contributed by atoms with Gasteiger partial charge in [0, 0.05) is 34.3 Å². The first-order valence-electron chi connectivity index (χ1n) is 11.0. The van der Waals surface area contributed by atoms with Crippen molar-refractivity contribution < 1.29 is 9.31 Å². The molecule has 5 heteroatoms. The minimum absolute atomic E-state index is 0.471. The molecule has 0 spiro atoms. The van der Waals surface area contributed by atoms with Gasteiger partial charge in [-0.05, 0) is 56.3 Å². The molecule has 0 bridgehead atoms. The maximum absolute atomic E-state index is 5.95. The van der Waals surface area contributed by atoms with E-state index in [1.807, 2.05) is 44.3 Å². The number of nitrogens with zero attached hydrogens (tertiary/aromatic N) is 2. The standard InChI is InChI=1S/C28H25BN2O2/c1-21-28(2,3)33-29(32-21)23-16-19-27(30-20-23)22-14-17-26(18-15-22)31(24-10-6-4-7-11-24)25-12-8-5-9-13-25/h4-20H,1H2,2-3H3. The first-order valence-corrected chi connectivity index (χ1v) is 11.0. The molecule has 0 radical (unpaired) electrons. The van der Waals surface area contributed by atoms with Gasteiger partial charge in [-0.15, -0.1) is 0 Å². The summed E-state index contributed by atoms with van der Waals surface area (Å²) in [5.74, 6) is 0.633. The zero-order valence-corrected chi connectivity index (χ0v) is 18.8. The molecule has 0 atom stereocenters. The van der Waals surface area contributed by atoms with Gasteiger partial charge >= 0.3 is 7.12 Å². The van der Waals surface area contributed by atoms with E-state index in [9.17, 15) is 0 Å². The van der Waals surface area contributed by atoms with Crippen molar-refractivity contribution in [3.63, 3.8) is 0 Å². The van der Waals surface area contributed by atoms with E-state index in [1.54, 1.807) is 0 Å². The topological polar surface area (TPSA) is 34.6 Å². The number of benzene rings is 3. The van der Waals surface area contributed by atoms with Crippen LogP contribution >= 0.6 is 0 Å². The molecule has 1 aliphatic heterocycles. The van der Waals surface area contributed by atoms with Crippen LogP contribution in [0.15, 0.2) is 116 Å². The normalized spacial score (nSPS) is 14.7. The van der Waals surface area contributed by atoms with Crippen LogP contribution in [0.25, 0.3) is 11.3 Å². The summed E-state index contributed by atoms with van der Waals surface area (Å²) < 4.78 is 11.7. The van der Waals surface area contributed by atoms with Gasteiger partial charge in [-0.1, -0.05) is 61.2 Å². The lowest BCUT2D eigenvalue weighted by Gasteiger charge is -2.25. The second-order valence-electron chi connectivity index (χ2n) is 8.53. The molecule has 0 saturated carbocycles. The monoisotopic (exact) mass is 432 g/mol. The van der Waals surface area contributed by atoms with Crippen LogP contribution in [0.1, 0.15) is 13.8 Å². The van der Waals surface area contributed by atoms with Crippen LogP contribution in [0.3, 0.4) is 0 Å². The SMILES string of the molecule is C=C1OB(c2ccc(-c3ccc(N(c4ccccc4)c4ccccc4)cc3)nc2)OC1(C)C. The van der Waals surface area contributed by atoms with Crippen molar-refractivity contribution in [2.24, 2.45) is 0 Å². The molecule has 2 heterocycles. The molecule has 0 N–H and O–H groups in total. The van der Waals surface area contributed by atoms with Crippen LogP contribution in [0.2, 0.25) is 0 Å². The van der Waals surface area contributed by atoms with Crippen LogP contribution in [0, 0.1) is 0 Å². The van der Waals surface area contributed by atoms with E-state index in [0.29, 0.717) is 5.76 Å². The number of hydrogen-bond donors (Lipinski definition) is 0. The van der Waals surface area contributed by atoms with Gasteiger partial charge in [0.05, 0.1) is 11.5 Å². The zero-order chi connectivity index (χ0) is 22.8. The van der Waals surface area contributed by atoms with Crippen molar-refractivity contribution in [2.75, 3.05) is 4.90 Å². The quantitative estimate of drug-likeness (QED) is 0.349. The van der Waals surface area contributed by atoms with Crippen LogP contribution in [-0.4, -0.2) is 17.7 Å². The van der Waals surface area contributed by atoms with Crippen molar-refractivity contribution in [1.29, 1.82) is 0 Å². The van der Waals surface area contributed by atoms with Gasteiger partial charge in [0.2, 0.25) is 0 Å². The molecule has 1 saturated heterocycles. The maximum Gasteiger partial charge on any atom is 0.564 e. The lowest BCUT2D eigenvalue weighted by molar-refractivity contribution is 0.173. The molecule has 5 rings (SSSR count). The highest BCUT2D eigenvalue weighted by atomic mass is 16.7. The second-order valence-corrected chi connectivity index (χ2v) is 8.53. The van der Waals surface area contributed by atoms with Crippen LogP contribution < -0.4 is 10.4 Å². The molecule has 33 heavy (non-hydrogen) atoms. The Bertz CT molecular complexity index is 1200. The third-order valence-electron chi connectivity index (χ3n) is 5.83.